The maximum atomic E-state index is 12.3. The van der Waals surface area contributed by atoms with Crippen LogP contribution in [0.2, 0.25) is 0 Å². The fraction of sp³-hybridized carbons (Fsp3) is 0.350. The van der Waals surface area contributed by atoms with Crippen LogP contribution in [-0.4, -0.2) is 51.7 Å². The van der Waals surface area contributed by atoms with Crippen molar-refractivity contribution in [3.8, 4) is 11.4 Å². The molecule has 28 heavy (non-hydrogen) atoms. The molecule has 1 atom stereocenters. The molecule has 8 nitrogen and oxygen atoms in total. The van der Waals surface area contributed by atoms with Gasteiger partial charge in [-0.2, -0.15) is 0 Å². The molecular formula is C20H23N5O3. The van der Waals surface area contributed by atoms with Crippen molar-refractivity contribution in [2.45, 2.75) is 32.2 Å². The maximum absolute atomic E-state index is 12.3. The summed E-state index contributed by atoms with van der Waals surface area (Å²) in [6.07, 6.45) is 3.01. The summed E-state index contributed by atoms with van der Waals surface area (Å²) in [6.45, 7) is 2.59. The van der Waals surface area contributed by atoms with E-state index in [1.54, 1.807) is 11.8 Å². The molecule has 2 heterocycles. The summed E-state index contributed by atoms with van der Waals surface area (Å²) in [7, 11) is 0. The van der Waals surface area contributed by atoms with Crippen molar-refractivity contribution >= 4 is 17.7 Å². The van der Waals surface area contributed by atoms with Crippen LogP contribution in [0.3, 0.4) is 0 Å². The first-order valence-electron chi connectivity index (χ1n) is 9.25. The van der Waals surface area contributed by atoms with E-state index < -0.39 is 11.9 Å². The first-order chi connectivity index (χ1) is 13.5. The summed E-state index contributed by atoms with van der Waals surface area (Å²) >= 11 is 0. The van der Waals surface area contributed by atoms with E-state index in [9.17, 15) is 14.4 Å². The Morgan fingerprint density at radius 2 is 2.04 bits per heavy atom. The molecule has 0 radical (unpaired) electrons. The molecule has 8 heteroatoms. The molecule has 1 aromatic heterocycles. The minimum atomic E-state index is -0.614. The molecule has 1 fully saturated rings. The van der Waals surface area contributed by atoms with Crippen LogP contribution >= 0.6 is 0 Å². The van der Waals surface area contributed by atoms with E-state index in [1.807, 2.05) is 30.3 Å². The zero-order valence-corrected chi connectivity index (χ0v) is 15.7. The first-order valence-corrected chi connectivity index (χ1v) is 9.25. The van der Waals surface area contributed by atoms with Crippen molar-refractivity contribution in [3.05, 3.63) is 47.8 Å². The third-order valence-electron chi connectivity index (χ3n) is 4.78. The van der Waals surface area contributed by atoms with Crippen molar-refractivity contribution in [3.63, 3.8) is 0 Å². The predicted octanol–water partition coefficient (Wildman–Crippen LogP) is 0.912. The van der Waals surface area contributed by atoms with Gasteiger partial charge in [-0.1, -0.05) is 30.3 Å². The molecule has 1 aliphatic rings. The molecule has 1 saturated heterocycles. The number of likely N-dealkylation sites (tertiary alicyclic amines) is 1. The molecule has 0 spiro atoms. The van der Waals surface area contributed by atoms with Crippen LogP contribution in [0, 0.1) is 0 Å². The van der Waals surface area contributed by atoms with Crippen LogP contribution in [0.1, 0.15) is 35.8 Å². The Balaban J connectivity index is 1.68. The molecule has 0 unspecified atom stereocenters. The number of hydrogen-bond donors (Lipinski definition) is 2. The number of hydrogen-bond acceptors (Lipinski definition) is 5. The molecule has 146 valence electrons. The van der Waals surface area contributed by atoms with Crippen molar-refractivity contribution < 1.29 is 14.4 Å². The van der Waals surface area contributed by atoms with Gasteiger partial charge in [0.1, 0.15) is 6.04 Å². The van der Waals surface area contributed by atoms with E-state index >= 15 is 0 Å². The Hall–Kier alpha value is -3.29. The predicted molar refractivity (Wildman–Crippen MR) is 103 cm³/mol. The van der Waals surface area contributed by atoms with Gasteiger partial charge >= 0.3 is 0 Å². The van der Waals surface area contributed by atoms with Gasteiger partial charge in [-0.15, -0.1) is 0 Å². The van der Waals surface area contributed by atoms with Crippen LogP contribution in [0.25, 0.3) is 11.4 Å². The van der Waals surface area contributed by atoms with Crippen LogP contribution in [0.15, 0.2) is 36.5 Å². The van der Waals surface area contributed by atoms with E-state index in [-0.39, 0.29) is 23.9 Å². The number of primary amides is 1. The SMILES string of the molecule is C[C@@H](C(=O)NCCc1nc(-c2ccccc2)ncc1C(N)=O)N1CCCC1=O. The number of amides is 3. The van der Waals surface area contributed by atoms with Gasteiger partial charge in [0.25, 0.3) is 5.91 Å². The fourth-order valence-corrected chi connectivity index (χ4v) is 3.21. The highest BCUT2D eigenvalue weighted by atomic mass is 16.2. The Morgan fingerprint density at radius 3 is 2.68 bits per heavy atom. The largest absolute Gasteiger partial charge is 0.365 e. The monoisotopic (exact) mass is 381 g/mol. The lowest BCUT2D eigenvalue weighted by atomic mass is 10.1. The molecule has 0 aliphatic carbocycles. The number of benzene rings is 1. The first kappa shape index (κ1) is 19.5. The second-order valence-electron chi connectivity index (χ2n) is 6.69. The number of rotatable bonds is 7. The van der Waals surface area contributed by atoms with Crippen LogP contribution in [0.4, 0.5) is 0 Å². The van der Waals surface area contributed by atoms with Crippen LogP contribution < -0.4 is 11.1 Å². The van der Waals surface area contributed by atoms with E-state index in [2.05, 4.69) is 15.3 Å². The van der Waals surface area contributed by atoms with E-state index in [0.717, 1.165) is 12.0 Å². The number of carbonyl (C=O) groups is 3. The van der Waals surface area contributed by atoms with Crippen molar-refractivity contribution in [2.24, 2.45) is 5.73 Å². The highest BCUT2D eigenvalue weighted by Gasteiger charge is 2.29. The molecule has 2 aromatic rings. The average Bonchev–Trinajstić information content (AvgIpc) is 3.13. The van der Waals surface area contributed by atoms with Gasteiger partial charge in [0, 0.05) is 37.7 Å². The number of nitrogens with two attached hydrogens (primary N) is 1. The van der Waals surface area contributed by atoms with Gasteiger partial charge in [-0.25, -0.2) is 9.97 Å². The zero-order valence-electron chi connectivity index (χ0n) is 15.7. The van der Waals surface area contributed by atoms with Crippen molar-refractivity contribution in [1.82, 2.24) is 20.2 Å². The fourth-order valence-electron chi connectivity index (χ4n) is 3.21. The third kappa shape index (κ3) is 4.33. The standard InChI is InChI=1S/C20H23N5O3/c1-13(25-11-5-8-17(25)26)20(28)22-10-9-16-15(18(21)27)12-23-19(24-16)14-6-3-2-4-7-14/h2-4,6-7,12-13H,5,8-11H2,1H3,(H2,21,27)(H,22,28)/t13-/m0/s1. The maximum Gasteiger partial charge on any atom is 0.252 e. The Labute approximate surface area is 163 Å². The Kier molecular flexibility index (Phi) is 5.98. The summed E-state index contributed by atoms with van der Waals surface area (Å²) < 4.78 is 0. The molecule has 3 rings (SSSR count). The minimum Gasteiger partial charge on any atom is -0.365 e. The quantitative estimate of drug-likeness (QED) is 0.739. The van der Waals surface area contributed by atoms with Gasteiger partial charge in [0.15, 0.2) is 5.82 Å². The van der Waals surface area contributed by atoms with Gasteiger partial charge in [0.2, 0.25) is 11.8 Å². The number of nitrogens with zero attached hydrogens (tertiary/aromatic N) is 3. The van der Waals surface area contributed by atoms with Gasteiger partial charge in [0.05, 0.1) is 11.3 Å². The summed E-state index contributed by atoms with van der Waals surface area (Å²) in [6, 6.07) is 8.88. The number of nitrogens with one attached hydrogen (secondary N) is 1. The lowest BCUT2D eigenvalue weighted by molar-refractivity contribution is -0.136. The lowest BCUT2D eigenvalue weighted by Gasteiger charge is -2.23. The molecule has 0 saturated carbocycles. The second kappa shape index (κ2) is 8.60. The lowest BCUT2D eigenvalue weighted by Crippen LogP contribution is -2.46. The van der Waals surface area contributed by atoms with Crippen LogP contribution in [0.5, 0.6) is 0 Å². The smallest absolute Gasteiger partial charge is 0.252 e. The van der Waals surface area contributed by atoms with Gasteiger partial charge in [-0.05, 0) is 13.3 Å². The molecule has 3 N–H and O–H groups in total. The number of aromatic nitrogens is 2. The van der Waals surface area contributed by atoms with E-state index in [4.69, 9.17) is 5.73 Å². The Morgan fingerprint density at radius 1 is 1.29 bits per heavy atom. The second-order valence-corrected chi connectivity index (χ2v) is 6.69. The molecular weight excluding hydrogens is 358 g/mol. The average molecular weight is 381 g/mol. The molecule has 3 amide bonds. The topological polar surface area (TPSA) is 118 Å². The van der Waals surface area contributed by atoms with Gasteiger partial charge < -0.3 is 16.0 Å². The summed E-state index contributed by atoms with van der Waals surface area (Å²) in [5.41, 5.74) is 6.97. The molecule has 0 bridgehead atoms. The number of carbonyl (C=O) groups excluding carboxylic acids is 3. The third-order valence-corrected chi connectivity index (χ3v) is 4.78. The van der Waals surface area contributed by atoms with Crippen LogP contribution in [-0.2, 0) is 16.0 Å². The summed E-state index contributed by atoms with van der Waals surface area (Å²) in [5, 5.41) is 2.81. The Bertz CT molecular complexity index is 885. The highest BCUT2D eigenvalue weighted by molar-refractivity contribution is 5.93. The van der Waals surface area contributed by atoms with Crippen molar-refractivity contribution in [2.75, 3.05) is 13.1 Å². The molecule has 1 aromatic carbocycles. The summed E-state index contributed by atoms with van der Waals surface area (Å²) in [4.78, 5) is 46.1. The normalized spacial score (nSPS) is 14.8. The van der Waals surface area contributed by atoms with Crippen molar-refractivity contribution in [1.29, 1.82) is 0 Å². The molecule has 1 aliphatic heterocycles. The highest BCUT2D eigenvalue weighted by Crippen LogP contribution is 2.17. The van der Waals surface area contributed by atoms with E-state index in [1.165, 1.54) is 6.20 Å². The summed E-state index contributed by atoms with van der Waals surface area (Å²) in [5.74, 6) is -0.352. The van der Waals surface area contributed by atoms with Gasteiger partial charge in [-0.3, -0.25) is 14.4 Å². The van der Waals surface area contributed by atoms with E-state index in [0.29, 0.717) is 30.9 Å². The zero-order chi connectivity index (χ0) is 20.1. The minimum absolute atomic E-state index is 0.00182.